The molecule has 2 rings (SSSR count). The molecule has 20 heavy (non-hydrogen) atoms. The molecule has 0 fully saturated rings. The van der Waals surface area contributed by atoms with Crippen LogP contribution >= 0.6 is 15.9 Å². The van der Waals surface area contributed by atoms with Crippen molar-refractivity contribution in [2.45, 2.75) is 0 Å². The molecule has 1 amide bonds. The standard InChI is InChI=1S/C11H7BrN4O4/c12-7-2-1-6(16(19)20)5-9(7)13-11(18)8-3-4-10(17)15-14-8/h1-5H,(H,13,18)(H,15,17). The minimum atomic E-state index is -0.595. The van der Waals surface area contributed by atoms with Gasteiger partial charge in [-0.1, -0.05) is 0 Å². The summed E-state index contributed by atoms with van der Waals surface area (Å²) >= 11 is 3.18. The second-order valence-corrected chi connectivity index (χ2v) is 4.54. The number of halogens is 1. The summed E-state index contributed by atoms with van der Waals surface area (Å²) in [5.41, 5.74) is -0.365. The SMILES string of the molecule is O=C(Nc1cc([N+](=O)[O-])ccc1Br)c1ccc(=O)[nH]n1. The Bertz CT molecular complexity index is 723. The summed E-state index contributed by atoms with van der Waals surface area (Å²) in [7, 11) is 0. The molecule has 9 heteroatoms. The Morgan fingerprint density at radius 2 is 2.10 bits per heavy atom. The van der Waals surface area contributed by atoms with Gasteiger partial charge in [0.25, 0.3) is 17.2 Å². The molecule has 0 atom stereocenters. The van der Waals surface area contributed by atoms with E-state index in [0.29, 0.717) is 4.47 Å². The molecule has 0 unspecified atom stereocenters. The van der Waals surface area contributed by atoms with Crippen LogP contribution in [0.3, 0.4) is 0 Å². The molecule has 0 aliphatic heterocycles. The molecule has 8 nitrogen and oxygen atoms in total. The van der Waals surface area contributed by atoms with Gasteiger partial charge in [-0.3, -0.25) is 19.7 Å². The van der Waals surface area contributed by atoms with E-state index in [1.54, 1.807) is 0 Å². The number of amides is 1. The molecule has 102 valence electrons. The van der Waals surface area contributed by atoms with Crippen LogP contribution in [-0.2, 0) is 0 Å². The summed E-state index contributed by atoms with van der Waals surface area (Å²) in [5.74, 6) is -0.595. The van der Waals surface area contributed by atoms with E-state index in [-0.39, 0.29) is 17.1 Å². The maximum atomic E-state index is 11.9. The van der Waals surface area contributed by atoms with Gasteiger partial charge in [-0.2, -0.15) is 5.10 Å². The van der Waals surface area contributed by atoms with E-state index in [0.717, 1.165) is 6.07 Å². The fourth-order valence-electron chi connectivity index (χ4n) is 1.38. The number of nitrogens with zero attached hydrogens (tertiary/aromatic N) is 2. The number of benzene rings is 1. The van der Waals surface area contributed by atoms with E-state index in [2.05, 4.69) is 31.4 Å². The Hall–Kier alpha value is -2.55. The van der Waals surface area contributed by atoms with Crippen molar-refractivity contribution in [3.05, 3.63) is 61.0 Å². The van der Waals surface area contributed by atoms with E-state index < -0.39 is 16.4 Å². The van der Waals surface area contributed by atoms with Crippen LogP contribution in [0, 0.1) is 10.1 Å². The number of aromatic amines is 1. The van der Waals surface area contributed by atoms with E-state index in [4.69, 9.17) is 0 Å². The molecule has 1 aromatic carbocycles. The molecule has 0 radical (unpaired) electrons. The van der Waals surface area contributed by atoms with E-state index >= 15 is 0 Å². The summed E-state index contributed by atoms with van der Waals surface area (Å²) in [5, 5.41) is 18.8. The van der Waals surface area contributed by atoms with Crippen LogP contribution in [0.5, 0.6) is 0 Å². The highest BCUT2D eigenvalue weighted by Crippen LogP contribution is 2.27. The van der Waals surface area contributed by atoms with Crippen LogP contribution in [0.25, 0.3) is 0 Å². The molecule has 2 N–H and O–H groups in total. The minimum absolute atomic E-state index is 0.0111. The third-order valence-electron chi connectivity index (χ3n) is 2.32. The Kier molecular flexibility index (Phi) is 3.89. The van der Waals surface area contributed by atoms with Crippen LogP contribution in [0.1, 0.15) is 10.5 Å². The summed E-state index contributed by atoms with van der Waals surface area (Å²) < 4.78 is 0.487. The first-order valence-corrected chi connectivity index (χ1v) is 6.07. The second-order valence-electron chi connectivity index (χ2n) is 3.68. The maximum Gasteiger partial charge on any atom is 0.276 e. The molecule has 0 spiro atoms. The largest absolute Gasteiger partial charge is 0.319 e. The Balaban J connectivity index is 2.27. The van der Waals surface area contributed by atoms with Gasteiger partial charge in [-0.25, -0.2) is 5.10 Å². The number of H-pyrrole nitrogens is 1. The minimum Gasteiger partial charge on any atom is -0.319 e. The molecule has 1 heterocycles. The Morgan fingerprint density at radius 1 is 1.35 bits per heavy atom. The van der Waals surface area contributed by atoms with Crippen molar-refractivity contribution in [2.75, 3.05) is 5.32 Å². The van der Waals surface area contributed by atoms with Crippen molar-refractivity contribution in [1.82, 2.24) is 10.2 Å². The van der Waals surface area contributed by atoms with Gasteiger partial charge in [0.15, 0.2) is 0 Å². The summed E-state index contributed by atoms with van der Waals surface area (Å²) in [6.45, 7) is 0. The third kappa shape index (κ3) is 3.06. The molecule has 0 aliphatic carbocycles. The first-order chi connectivity index (χ1) is 9.47. The fraction of sp³-hybridized carbons (Fsp3) is 0. The number of nitro groups is 1. The number of aromatic nitrogens is 2. The zero-order chi connectivity index (χ0) is 14.7. The number of carbonyl (C=O) groups is 1. The molecule has 2 aromatic rings. The van der Waals surface area contributed by atoms with E-state index in [1.807, 2.05) is 0 Å². The molecular formula is C11H7BrN4O4. The van der Waals surface area contributed by atoms with Crippen molar-refractivity contribution in [3.8, 4) is 0 Å². The van der Waals surface area contributed by atoms with Gasteiger partial charge in [0.05, 0.1) is 10.6 Å². The highest BCUT2D eigenvalue weighted by molar-refractivity contribution is 9.10. The molecule has 0 aliphatic rings. The fourth-order valence-corrected chi connectivity index (χ4v) is 1.73. The Labute approximate surface area is 120 Å². The summed E-state index contributed by atoms with van der Waals surface area (Å²) in [6, 6.07) is 6.38. The molecule has 0 saturated heterocycles. The highest BCUT2D eigenvalue weighted by Gasteiger charge is 2.13. The van der Waals surface area contributed by atoms with Gasteiger partial charge in [0, 0.05) is 22.7 Å². The van der Waals surface area contributed by atoms with Gasteiger partial charge in [0.1, 0.15) is 5.69 Å². The molecule has 0 saturated carbocycles. The van der Waals surface area contributed by atoms with Crippen LogP contribution in [0.2, 0.25) is 0 Å². The van der Waals surface area contributed by atoms with E-state index in [1.165, 1.54) is 24.3 Å². The van der Waals surface area contributed by atoms with Crippen molar-refractivity contribution < 1.29 is 9.72 Å². The van der Waals surface area contributed by atoms with Crippen molar-refractivity contribution in [3.63, 3.8) is 0 Å². The number of carbonyl (C=O) groups excluding carboxylic acids is 1. The molecular weight excluding hydrogens is 332 g/mol. The number of hydrogen-bond acceptors (Lipinski definition) is 5. The van der Waals surface area contributed by atoms with Crippen LogP contribution in [0.15, 0.2) is 39.6 Å². The first kappa shape index (κ1) is 13.9. The monoisotopic (exact) mass is 338 g/mol. The van der Waals surface area contributed by atoms with Crippen molar-refractivity contribution >= 4 is 33.2 Å². The Morgan fingerprint density at radius 3 is 2.70 bits per heavy atom. The summed E-state index contributed by atoms with van der Waals surface area (Å²) in [6.07, 6.45) is 0. The van der Waals surface area contributed by atoms with Crippen LogP contribution in [0.4, 0.5) is 11.4 Å². The number of nitro benzene ring substituents is 1. The average molecular weight is 339 g/mol. The number of nitrogens with one attached hydrogen (secondary N) is 2. The lowest BCUT2D eigenvalue weighted by Gasteiger charge is -2.06. The second kappa shape index (κ2) is 5.61. The number of hydrogen-bond donors (Lipinski definition) is 2. The lowest BCUT2D eigenvalue weighted by atomic mass is 10.2. The highest BCUT2D eigenvalue weighted by atomic mass is 79.9. The number of anilines is 1. The quantitative estimate of drug-likeness (QED) is 0.652. The van der Waals surface area contributed by atoms with Gasteiger partial charge in [-0.05, 0) is 28.1 Å². The van der Waals surface area contributed by atoms with Crippen molar-refractivity contribution in [1.29, 1.82) is 0 Å². The number of non-ortho nitro benzene ring substituents is 1. The normalized spacial score (nSPS) is 10.1. The predicted octanol–water partition coefficient (Wildman–Crippen LogP) is 1.69. The van der Waals surface area contributed by atoms with Crippen LogP contribution < -0.4 is 10.9 Å². The lowest BCUT2D eigenvalue weighted by molar-refractivity contribution is -0.384. The zero-order valence-corrected chi connectivity index (χ0v) is 11.4. The third-order valence-corrected chi connectivity index (χ3v) is 3.01. The van der Waals surface area contributed by atoms with Gasteiger partial charge in [-0.15, -0.1) is 0 Å². The number of rotatable bonds is 3. The average Bonchev–Trinajstić information content (AvgIpc) is 2.41. The van der Waals surface area contributed by atoms with Gasteiger partial charge >= 0.3 is 0 Å². The van der Waals surface area contributed by atoms with Gasteiger partial charge in [0.2, 0.25) is 0 Å². The topological polar surface area (TPSA) is 118 Å². The predicted molar refractivity (Wildman–Crippen MR) is 73.6 cm³/mol. The smallest absolute Gasteiger partial charge is 0.276 e. The summed E-state index contributed by atoms with van der Waals surface area (Å²) in [4.78, 5) is 32.8. The molecule has 1 aromatic heterocycles. The maximum absolute atomic E-state index is 11.9. The van der Waals surface area contributed by atoms with Crippen molar-refractivity contribution in [2.24, 2.45) is 0 Å². The van der Waals surface area contributed by atoms with E-state index in [9.17, 15) is 19.7 Å². The first-order valence-electron chi connectivity index (χ1n) is 5.28. The lowest BCUT2D eigenvalue weighted by Crippen LogP contribution is -2.17. The molecule has 0 bridgehead atoms. The zero-order valence-electron chi connectivity index (χ0n) is 9.79. The van der Waals surface area contributed by atoms with Crippen LogP contribution in [-0.4, -0.2) is 21.0 Å². The van der Waals surface area contributed by atoms with Gasteiger partial charge < -0.3 is 5.32 Å².